The number of nitrogens with one attached hydrogen (secondary N) is 2. The topological polar surface area (TPSA) is 78.4 Å². The Bertz CT molecular complexity index is 810. The molecule has 1 aliphatic rings. The van der Waals surface area contributed by atoms with Crippen LogP contribution in [0.1, 0.15) is 43.2 Å². The van der Waals surface area contributed by atoms with E-state index in [-0.39, 0.29) is 18.5 Å². The second-order valence-corrected chi connectivity index (χ2v) is 8.61. The number of benzene rings is 2. The summed E-state index contributed by atoms with van der Waals surface area (Å²) in [6.07, 6.45) is 6.30. The molecule has 166 valence electrons. The van der Waals surface area contributed by atoms with Gasteiger partial charge in [-0.15, -0.1) is 0 Å². The Hall–Kier alpha value is -2.66. The van der Waals surface area contributed by atoms with Gasteiger partial charge in [-0.25, -0.2) is 0 Å². The second-order valence-electron chi connectivity index (χ2n) is 8.61. The minimum Gasteiger partial charge on any atom is -0.481 e. The number of carboxylic acid groups (broad SMARTS) is 1. The van der Waals surface area contributed by atoms with E-state index in [0.29, 0.717) is 12.3 Å². The summed E-state index contributed by atoms with van der Waals surface area (Å²) < 4.78 is 0. The van der Waals surface area contributed by atoms with Crippen LogP contribution in [0.2, 0.25) is 0 Å². The van der Waals surface area contributed by atoms with Crippen molar-refractivity contribution in [2.45, 2.75) is 51.0 Å². The molecular formula is C26H34N2O3. The number of hydrogen-bond donors (Lipinski definition) is 3. The summed E-state index contributed by atoms with van der Waals surface area (Å²) >= 11 is 0. The van der Waals surface area contributed by atoms with E-state index in [4.69, 9.17) is 0 Å². The molecule has 0 bridgehead atoms. The largest absolute Gasteiger partial charge is 0.481 e. The molecule has 3 atom stereocenters. The Labute approximate surface area is 185 Å². The van der Waals surface area contributed by atoms with Crippen LogP contribution in [-0.4, -0.2) is 36.1 Å². The van der Waals surface area contributed by atoms with Gasteiger partial charge in [0.25, 0.3) is 0 Å². The first-order chi connectivity index (χ1) is 15.1. The molecule has 1 unspecified atom stereocenters. The van der Waals surface area contributed by atoms with E-state index in [2.05, 4.69) is 59.2 Å². The molecule has 2 aromatic carbocycles. The molecule has 1 amide bonds. The van der Waals surface area contributed by atoms with Gasteiger partial charge in [0.15, 0.2) is 0 Å². The third-order valence-electron chi connectivity index (χ3n) is 6.20. The third kappa shape index (κ3) is 7.83. The molecule has 0 aliphatic heterocycles. The third-order valence-corrected chi connectivity index (χ3v) is 6.20. The molecule has 0 aromatic heterocycles. The molecule has 31 heavy (non-hydrogen) atoms. The van der Waals surface area contributed by atoms with E-state index in [1.54, 1.807) is 0 Å². The van der Waals surface area contributed by atoms with Gasteiger partial charge in [0, 0.05) is 6.04 Å². The predicted molar refractivity (Wildman–Crippen MR) is 123 cm³/mol. The zero-order chi connectivity index (χ0) is 21.9. The van der Waals surface area contributed by atoms with Gasteiger partial charge in [0.2, 0.25) is 5.91 Å². The first-order valence-electron chi connectivity index (χ1n) is 11.4. The van der Waals surface area contributed by atoms with Crippen LogP contribution in [0.4, 0.5) is 0 Å². The van der Waals surface area contributed by atoms with E-state index in [1.165, 1.54) is 11.1 Å². The van der Waals surface area contributed by atoms with Crippen molar-refractivity contribution in [2.24, 2.45) is 11.8 Å². The fourth-order valence-electron chi connectivity index (χ4n) is 4.49. The first kappa shape index (κ1) is 23.0. The van der Waals surface area contributed by atoms with Crippen molar-refractivity contribution in [3.63, 3.8) is 0 Å². The van der Waals surface area contributed by atoms with Crippen LogP contribution in [0.3, 0.4) is 0 Å². The number of aryl methyl sites for hydroxylation is 1. The highest BCUT2D eigenvalue weighted by molar-refractivity contribution is 5.79. The van der Waals surface area contributed by atoms with Gasteiger partial charge in [-0.3, -0.25) is 9.59 Å². The quantitative estimate of drug-likeness (QED) is 0.514. The maximum absolute atomic E-state index is 12.4. The van der Waals surface area contributed by atoms with E-state index in [1.807, 2.05) is 12.1 Å². The van der Waals surface area contributed by atoms with Gasteiger partial charge in [0.05, 0.1) is 12.5 Å². The van der Waals surface area contributed by atoms with Crippen LogP contribution in [-0.2, 0) is 22.4 Å². The standard InChI is InChI=1S/C26H34N2O3/c29-25(28-24-14-8-7-13-23(24)26(30)31)19-27-18-22(17-21-11-5-2-6-12-21)16-15-20-9-3-1-4-10-20/h1-6,9-12,22-24,27H,7-8,13-19H2,(H,28,29)(H,30,31)/t22?,23-,24-/m1/s1. The molecule has 2 aromatic rings. The van der Waals surface area contributed by atoms with Crippen molar-refractivity contribution < 1.29 is 14.7 Å². The van der Waals surface area contributed by atoms with Crippen LogP contribution in [0.15, 0.2) is 60.7 Å². The molecule has 0 heterocycles. The maximum atomic E-state index is 12.4. The summed E-state index contributed by atoms with van der Waals surface area (Å²) in [5.74, 6) is -0.965. The average molecular weight is 423 g/mol. The first-order valence-corrected chi connectivity index (χ1v) is 11.4. The van der Waals surface area contributed by atoms with Crippen molar-refractivity contribution in [1.29, 1.82) is 0 Å². The van der Waals surface area contributed by atoms with Gasteiger partial charge >= 0.3 is 5.97 Å². The molecule has 1 aliphatic carbocycles. The van der Waals surface area contributed by atoms with Crippen LogP contribution in [0.5, 0.6) is 0 Å². The second kappa shape index (κ2) is 12.3. The lowest BCUT2D eigenvalue weighted by Gasteiger charge is -2.29. The van der Waals surface area contributed by atoms with Gasteiger partial charge in [-0.1, -0.05) is 73.5 Å². The highest BCUT2D eigenvalue weighted by Crippen LogP contribution is 2.24. The zero-order valence-electron chi connectivity index (χ0n) is 18.1. The number of carbonyl (C=O) groups excluding carboxylic acids is 1. The molecule has 5 heteroatoms. The molecule has 1 fully saturated rings. The maximum Gasteiger partial charge on any atom is 0.308 e. The number of carboxylic acids is 1. The van der Waals surface area contributed by atoms with Crippen molar-refractivity contribution >= 4 is 11.9 Å². The molecular weight excluding hydrogens is 388 g/mol. The fraction of sp³-hybridized carbons (Fsp3) is 0.462. The van der Waals surface area contributed by atoms with Crippen LogP contribution in [0.25, 0.3) is 0 Å². The Balaban J connectivity index is 1.49. The molecule has 0 spiro atoms. The Morgan fingerprint density at radius 2 is 1.58 bits per heavy atom. The van der Waals surface area contributed by atoms with Crippen molar-refractivity contribution in [3.8, 4) is 0 Å². The van der Waals surface area contributed by atoms with Crippen LogP contribution >= 0.6 is 0 Å². The average Bonchev–Trinajstić information content (AvgIpc) is 2.79. The molecule has 1 saturated carbocycles. The van der Waals surface area contributed by atoms with E-state index in [9.17, 15) is 14.7 Å². The van der Waals surface area contributed by atoms with E-state index in [0.717, 1.165) is 45.1 Å². The SMILES string of the molecule is O=C(CNCC(CCc1ccccc1)Cc1ccccc1)N[C@@H]1CCCC[C@H]1C(=O)O. The lowest BCUT2D eigenvalue weighted by molar-refractivity contribution is -0.144. The monoisotopic (exact) mass is 422 g/mol. The highest BCUT2D eigenvalue weighted by Gasteiger charge is 2.31. The van der Waals surface area contributed by atoms with E-state index >= 15 is 0 Å². The minimum atomic E-state index is -0.804. The van der Waals surface area contributed by atoms with Gasteiger partial charge in [-0.05, 0) is 55.7 Å². The molecule has 0 radical (unpaired) electrons. The van der Waals surface area contributed by atoms with Gasteiger partial charge < -0.3 is 15.7 Å². The highest BCUT2D eigenvalue weighted by atomic mass is 16.4. The van der Waals surface area contributed by atoms with E-state index < -0.39 is 11.9 Å². The summed E-state index contributed by atoms with van der Waals surface area (Å²) in [7, 11) is 0. The number of rotatable bonds is 11. The number of aliphatic carboxylic acids is 1. The molecule has 3 N–H and O–H groups in total. The minimum absolute atomic E-state index is 0.111. The lowest BCUT2D eigenvalue weighted by atomic mass is 9.84. The molecule has 5 nitrogen and oxygen atoms in total. The number of carbonyl (C=O) groups is 2. The van der Waals surface area contributed by atoms with Crippen LogP contribution in [0, 0.1) is 11.8 Å². The smallest absolute Gasteiger partial charge is 0.308 e. The number of amides is 1. The normalized spacial score (nSPS) is 19.5. The summed E-state index contributed by atoms with van der Waals surface area (Å²) in [4.78, 5) is 23.9. The van der Waals surface area contributed by atoms with Crippen LogP contribution < -0.4 is 10.6 Å². The summed E-state index contributed by atoms with van der Waals surface area (Å²) in [6, 6.07) is 20.7. The Kier molecular flexibility index (Phi) is 9.10. The van der Waals surface area contributed by atoms with Gasteiger partial charge in [0.1, 0.15) is 0 Å². The van der Waals surface area contributed by atoms with Crippen molar-refractivity contribution in [1.82, 2.24) is 10.6 Å². The summed E-state index contributed by atoms with van der Waals surface area (Å²) in [5.41, 5.74) is 2.63. The molecule has 3 rings (SSSR count). The Morgan fingerprint density at radius 1 is 0.935 bits per heavy atom. The van der Waals surface area contributed by atoms with Gasteiger partial charge in [-0.2, -0.15) is 0 Å². The summed E-state index contributed by atoms with van der Waals surface area (Å²) in [6.45, 7) is 0.974. The number of hydrogen-bond acceptors (Lipinski definition) is 3. The lowest BCUT2D eigenvalue weighted by Crippen LogP contribution is -2.48. The predicted octanol–water partition coefficient (Wildman–Crippen LogP) is 3.83. The zero-order valence-corrected chi connectivity index (χ0v) is 18.1. The summed E-state index contributed by atoms with van der Waals surface area (Å²) in [5, 5.41) is 15.7. The fourth-order valence-corrected chi connectivity index (χ4v) is 4.49. The molecule has 0 saturated heterocycles. The van der Waals surface area contributed by atoms with Crippen molar-refractivity contribution in [3.05, 3.63) is 71.8 Å². The Morgan fingerprint density at radius 3 is 2.26 bits per heavy atom. The van der Waals surface area contributed by atoms with Crippen molar-refractivity contribution in [2.75, 3.05) is 13.1 Å².